The molecule has 0 bridgehead atoms. The van der Waals surface area contributed by atoms with Crippen LogP contribution in [0.4, 0.5) is 10.8 Å². The van der Waals surface area contributed by atoms with Gasteiger partial charge in [-0.1, -0.05) is 0 Å². The third-order valence-corrected chi connectivity index (χ3v) is 3.95. The van der Waals surface area contributed by atoms with Gasteiger partial charge in [0.05, 0.1) is 12.8 Å². The maximum Gasteiger partial charge on any atom is 0.207 e. The van der Waals surface area contributed by atoms with Gasteiger partial charge in [-0.05, 0) is 42.8 Å². The summed E-state index contributed by atoms with van der Waals surface area (Å²) in [5.74, 6) is 2.30. The zero-order valence-corrected chi connectivity index (χ0v) is 14.3. The van der Waals surface area contributed by atoms with Crippen molar-refractivity contribution in [1.29, 1.82) is 0 Å². The number of aryl methyl sites for hydroxylation is 1. The molecule has 6 nitrogen and oxygen atoms in total. The Kier molecular flexibility index (Phi) is 5.35. The predicted molar refractivity (Wildman–Crippen MR) is 94.3 cm³/mol. The molecule has 0 spiro atoms. The molecule has 0 unspecified atom stereocenters. The Hall–Kier alpha value is -2.51. The van der Waals surface area contributed by atoms with Crippen molar-refractivity contribution < 1.29 is 9.47 Å². The molecule has 3 rings (SSSR count). The zero-order chi connectivity index (χ0) is 16.8. The molecule has 0 radical (unpaired) electrons. The van der Waals surface area contributed by atoms with Crippen molar-refractivity contribution in [2.45, 2.75) is 13.3 Å². The summed E-state index contributed by atoms with van der Waals surface area (Å²) in [7, 11) is 1.67. The third-order valence-electron chi connectivity index (χ3n) is 3.29. The first-order valence-electron chi connectivity index (χ1n) is 7.51. The lowest BCUT2D eigenvalue weighted by molar-refractivity contribution is 0.201. The van der Waals surface area contributed by atoms with Gasteiger partial charge in [-0.2, -0.15) is 4.37 Å². The fourth-order valence-electron chi connectivity index (χ4n) is 2.10. The monoisotopic (exact) mass is 342 g/mol. The number of methoxy groups -OCH3 is 1. The summed E-state index contributed by atoms with van der Waals surface area (Å²) < 4.78 is 15.2. The molecule has 1 N–H and O–H groups in total. The Morgan fingerprint density at radius 2 is 2.17 bits per heavy atom. The van der Waals surface area contributed by atoms with Crippen LogP contribution in [-0.4, -0.2) is 28.1 Å². The van der Waals surface area contributed by atoms with E-state index in [1.165, 1.54) is 11.5 Å². The van der Waals surface area contributed by atoms with Crippen LogP contribution in [0.3, 0.4) is 0 Å². The van der Waals surface area contributed by atoms with E-state index in [-0.39, 0.29) is 0 Å². The van der Waals surface area contributed by atoms with Gasteiger partial charge in [0.15, 0.2) is 0 Å². The van der Waals surface area contributed by atoms with Gasteiger partial charge in [-0.3, -0.25) is 4.98 Å². The van der Waals surface area contributed by atoms with E-state index < -0.39 is 0 Å². The van der Waals surface area contributed by atoms with E-state index in [2.05, 4.69) is 19.7 Å². The summed E-state index contributed by atoms with van der Waals surface area (Å²) in [6.07, 6.45) is 4.12. The highest BCUT2D eigenvalue weighted by molar-refractivity contribution is 7.09. The number of hydrogen-bond acceptors (Lipinski definition) is 7. The highest BCUT2D eigenvalue weighted by Gasteiger charge is 2.07. The van der Waals surface area contributed by atoms with Crippen molar-refractivity contribution in [3.63, 3.8) is 0 Å². The fourth-order valence-corrected chi connectivity index (χ4v) is 2.73. The van der Waals surface area contributed by atoms with E-state index in [1.807, 2.05) is 37.3 Å². The molecule has 0 fully saturated rings. The van der Waals surface area contributed by atoms with Crippen LogP contribution in [-0.2, 0) is 11.2 Å². The summed E-state index contributed by atoms with van der Waals surface area (Å²) in [4.78, 5) is 8.49. The van der Waals surface area contributed by atoms with Crippen LogP contribution in [0.2, 0.25) is 0 Å². The van der Waals surface area contributed by atoms with Gasteiger partial charge < -0.3 is 14.8 Å². The second-order valence-corrected chi connectivity index (χ2v) is 5.91. The zero-order valence-electron chi connectivity index (χ0n) is 13.5. The Bertz CT molecular complexity index is 792. The van der Waals surface area contributed by atoms with Gasteiger partial charge in [-0.15, -0.1) is 0 Å². The van der Waals surface area contributed by atoms with E-state index in [1.54, 1.807) is 19.5 Å². The Balaban J connectivity index is 1.67. The summed E-state index contributed by atoms with van der Waals surface area (Å²) in [6.45, 7) is 2.62. The molecule has 24 heavy (non-hydrogen) atoms. The third kappa shape index (κ3) is 4.27. The topological polar surface area (TPSA) is 69.2 Å². The maximum atomic E-state index is 5.83. The number of anilines is 2. The van der Waals surface area contributed by atoms with Crippen LogP contribution in [0.15, 0.2) is 42.7 Å². The quantitative estimate of drug-likeness (QED) is 0.701. The lowest BCUT2D eigenvalue weighted by atomic mass is 10.2. The first-order valence-corrected chi connectivity index (χ1v) is 8.29. The van der Waals surface area contributed by atoms with Crippen molar-refractivity contribution in [2.24, 2.45) is 0 Å². The molecule has 0 aliphatic rings. The van der Waals surface area contributed by atoms with Crippen LogP contribution in [0.5, 0.6) is 11.5 Å². The molecule has 0 aliphatic carbocycles. The molecule has 0 amide bonds. The molecular formula is C17H18N4O2S. The minimum absolute atomic E-state index is 0.621. The number of aromatic nitrogens is 3. The van der Waals surface area contributed by atoms with E-state index in [9.17, 15) is 0 Å². The first kappa shape index (κ1) is 16.4. The number of rotatable bonds is 7. The van der Waals surface area contributed by atoms with Gasteiger partial charge in [0.1, 0.15) is 17.3 Å². The molecular weight excluding hydrogens is 324 g/mol. The van der Waals surface area contributed by atoms with Gasteiger partial charge in [0.25, 0.3) is 0 Å². The number of benzene rings is 1. The van der Waals surface area contributed by atoms with E-state index in [0.29, 0.717) is 18.8 Å². The number of ether oxygens (including phenoxy) is 2. The highest BCUT2D eigenvalue weighted by atomic mass is 32.1. The second kappa shape index (κ2) is 7.85. The van der Waals surface area contributed by atoms with Crippen LogP contribution in [0.1, 0.15) is 11.4 Å². The van der Waals surface area contributed by atoms with Gasteiger partial charge in [0.2, 0.25) is 5.13 Å². The molecule has 0 saturated carbocycles. The molecule has 0 aliphatic heterocycles. The van der Waals surface area contributed by atoms with Crippen LogP contribution in [0.25, 0.3) is 0 Å². The second-order valence-electron chi connectivity index (χ2n) is 5.15. The average molecular weight is 342 g/mol. The van der Waals surface area contributed by atoms with Gasteiger partial charge in [-0.25, -0.2) is 4.98 Å². The summed E-state index contributed by atoms with van der Waals surface area (Å²) in [6, 6.07) is 9.62. The molecule has 2 heterocycles. The molecule has 7 heteroatoms. The molecule has 0 saturated heterocycles. The Morgan fingerprint density at radius 3 is 2.92 bits per heavy atom. The summed E-state index contributed by atoms with van der Waals surface area (Å²) in [5, 5.41) is 4.03. The Morgan fingerprint density at radius 1 is 1.25 bits per heavy atom. The van der Waals surface area contributed by atoms with Crippen molar-refractivity contribution in [3.05, 3.63) is 54.1 Å². The van der Waals surface area contributed by atoms with E-state index >= 15 is 0 Å². The standard InChI is InChI=1S/C17H18N4O2S/c1-12-10-13(19-17-20-16(21-24-17)7-9-22-2)5-6-15(12)23-14-4-3-8-18-11-14/h3-6,8,10-11H,7,9H2,1-2H3,(H,19,20,21). The minimum atomic E-state index is 0.621. The molecule has 1 aromatic carbocycles. The smallest absolute Gasteiger partial charge is 0.207 e. The van der Waals surface area contributed by atoms with Gasteiger partial charge >= 0.3 is 0 Å². The lowest BCUT2D eigenvalue weighted by Gasteiger charge is -2.10. The summed E-state index contributed by atoms with van der Waals surface area (Å²) in [5.41, 5.74) is 1.97. The Labute approximate surface area is 144 Å². The maximum absolute atomic E-state index is 5.83. The molecule has 124 valence electrons. The predicted octanol–water partition coefficient (Wildman–Crippen LogP) is 3.97. The van der Waals surface area contributed by atoms with Crippen molar-refractivity contribution in [3.8, 4) is 11.5 Å². The SMILES string of the molecule is COCCc1nsc(Nc2ccc(Oc3cccnc3)c(C)c2)n1. The number of nitrogens with zero attached hydrogens (tertiary/aromatic N) is 3. The molecule has 2 aromatic heterocycles. The van der Waals surface area contributed by atoms with Crippen molar-refractivity contribution in [1.82, 2.24) is 14.3 Å². The number of pyridine rings is 1. The van der Waals surface area contributed by atoms with E-state index in [4.69, 9.17) is 9.47 Å². The van der Waals surface area contributed by atoms with Crippen LogP contribution < -0.4 is 10.1 Å². The molecule has 3 aromatic rings. The van der Waals surface area contributed by atoms with Crippen molar-refractivity contribution in [2.75, 3.05) is 19.0 Å². The minimum Gasteiger partial charge on any atom is -0.455 e. The van der Waals surface area contributed by atoms with Crippen molar-refractivity contribution >= 4 is 22.4 Å². The average Bonchev–Trinajstić information content (AvgIpc) is 3.04. The highest BCUT2D eigenvalue weighted by Crippen LogP contribution is 2.28. The largest absolute Gasteiger partial charge is 0.455 e. The van der Waals surface area contributed by atoms with Crippen LogP contribution >= 0.6 is 11.5 Å². The fraction of sp³-hybridized carbons (Fsp3) is 0.235. The van der Waals surface area contributed by atoms with Crippen LogP contribution in [0, 0.1) is 6.92 Å². The lowest BCUT2D eigenvalue weighted by Crippen LogP contribution is -1.97. The summed E-state index contributed by atoms with van der Waals surface area (Å²) >= 11 is 1.34. The normalized spacial score (nSPS) is 10.6. The first-order chi connectivity index (χ1) is 11.7. The number of nitrogens with one attached hydrogen (secondary N) is 1. The van der Waals surface area contributed by atoms with Gasteiger partial charge in [0, 0.05) is 36.9 Å². The number of hydrogen-bond donors (Lipinski definition) is 1. The van der Waals surface area contributed by atoms with E-state index in [0.717, 1.165) is 28.0 Å². The molecule has 0 atom stereocenters.